The van der Waals surface area contributed by atoms with E-state index < -0.39 is 0 Å². The van der Waals surface area contributed by atoms with Gasteiger partial charge in [-0.2, -0.15) is 0 Å². The van der Waals surface area contributed by atoms with E-state index in [9.17, 15) is 0 Å². The van der Waals surface area contributed by atoms with Gasteiger partial charge in [-0.25, -0.2) is 4.98 Å². The van der Waals surface area contributed by atoms with E-state index in [1.54, 1.807) is 0 Å². The molecular formula is C24H28N4. The first-order valence-corrected chi connectivity index (χ1v) is 9.80. The van der Waals surface area contributed by atoms with Gasteiger partial charge in [-0.15, -0.1) is 0 Å². The van der Waals surface area contributed by atoms with Gasteiger partial charge in [-0.05, 0) is 68.8 Å². The van der Waals surface area contributed by atoms with Crippen molar-refractivity contribution in [2.24, 2.45) is 0 Å². The molecule has 0 saturated heterocycles. The molecule has 0 atom stereocenters. The van der Waals surface area contributed by atoms with E-state index in [2.05, 4.69) is 77.7 Å². The highest BCUT2D eigenvalue weighted by Gasteiger charge is 2.21. The number of rotatable bonds is 4. The Balaban J connectivity index is 1.77. The van der Waals surface area contributed by atoms with Crippen molar-refractivity contribution in [2.75, 3.05) is 18.9 Å². The van der Waals surface area contributed by atoms with Crippen LogP contribution in [-0.4, -0.2) is 28.0 Å². The molecule has 2 aromatic heterocycles. The first-order valence-electron chi connectivity index (χ1n) is 9.80. The van der Waals surface area contributed by atoms with Crippen LogP contribution in [0.5, 0.6) is 0 Å². The molecule has 1 aliphatic rings. The summed E-state index contributed by atoms with van der Waals surface area (Å²) in [5.74, 6) is 0.825. The molecule has 0 bridgehead atoms. The fourth-order valence-electron chi connectivity index (χ4n) is 3.98. The number of aryl methyl sites for hydroxylation is 1. The highest BCUT2D eigenvalue weighted by molar-refractivity contribution is 5.90. The normalized spacial score (nSPS) is 14.9. The number of benzene rings is 1. The predicted molar refractivity (Wildman–Crippen MR) is 119 cm³/mol. The van der Waals surface area contributed by atoms with Gasteiger partial charge in [0, 0.05) is 48.7 Å². The Kier molecular flexibility index (Phi) is 4.82. The minimum Gasteiger partial charge on any atom is -0.345 e. The van der Waals surface area contributed by atoms with E-state index in [0.717, 1.165) is 36.6 Å². The lowest BCUT2D eigenvalue weighted by molar-refractivity contribution is 0.312. The second kappa shape index (κ2) is 7.28. The van der Waals surface area contributed by atoms with Crippen molar-refractivity contribution in [3.05, 3.63) is 71.2 Å². The van der Waals surface area contributed by atoms with Gasteiger partial charge in [-0.3, -0.25) is 0 Å². The quantitative estimate of drug-likeness (QED) is 0.675. The molecule has 144 valence electrons. The third-order valence-electron chi connectivity index (χ3n) is 5.42. The Bertz CT molecular complexity index is 1070. The second-order valence-corrected chi connectivity index (χ2v) is 7.95. The first kappa shape index (κ1) is 18.5. The van der Waals surface area contributed by atoms with Crippen molar-refractivity contribution in [2.45, 2.75) is 33.7 Å². The standard InChI is InChI=1S/C24H28N4/c1-16(2)26-24-9-7-19(13-25-24)18(4)14-28-22-8-6-17(3)12-20(22)21-15-27(5)11-10-23(21)28/h6-9,12-14H,1,10-11,15H2,2-5H3,(H,25,26)/b18-14-. The molecule has 0 unspecified atom stereocenters. The Labute approximate surface area is 167 Å². The zero-order valence-corrected chi connectivity index (χ0v) is 17.2. The highest BCUT2D eigenvalue weighted by atomic mass is 15.1. The minimum absolute atomic E-state index is 0.825. The van der Waals surface area contributed by atoms with Gasteiger partial charge in [0.15, 0.2) is 0 Å². The summed E-state index contributed by atoms with van der Waals surface area (Å²) in [6, 6.07) is 10.9. The average Bonchev–Trinajstić information content (AvgIpc) is 2.94. The summed E-state index contributed by atoms with van der Waals surface area (Å²) < 4.78 is 2.40. The Morgan fingerprint density at radius 2 is 2.04 bits per heavy atom. The van der Waals surface area contributed by atoms with Crippen molar-refractivity contribution in [1.82, 2.24) is 14.5 Å². The zero-order valence-electron chi connectivity index (χ0n) is 17.2. The van der Waals surface area contributed by atoms with Crippen LogP contribution in [0.15, 0.2) is 48.8 Å². The zero-order chi connectivity index (χ0) is 19.8. The molecule has 0 spiro atoms. The first-order chi connectivity index (χ1) is 13.4. The monoisotopic (exact) mass is 372 g/mol. The number of nitrogens with zero attached hydrogens (tertiary/aromatic N) is 3. The molecule has 28 heavy (non-hydrogen) atoms. The van der Waals surface area contributed by atoms with Gasteiger partial charge >= 0.3 is 0 Å². The predicted octanol–water partition coefficient (Wildman–Crippen LogP) is 5.30. The Morgan fingerprint density at radius 3 is 2.75 bits per heavy atom. The Hall–Kier alpha value is -2.85. The van der Waals surface area contributed by atoms with E-state index in [-0.39, 0.29) is 0 Å². The number of nitrogens with one attached hydrogen (secondary N) is 1. The van der Waals surface area contributed by atoms with Crippen LogP contribution in [0.25, 0.3) is 22.7 Å². The summed E-state index contributed by atoms with van der Waals surface area (Å²) in [6.45, 7) is 12.2. The van der Waals surface area contributed by atoms with Crippen molar-refractivity contribution in [1.29, 1.82) is 0 Å². The van der Waals surface area contributed by atoms with Crippen molar-refractivity contribution in [3.63, 3.8) is 0 Å². The van der Waals surface area contributed by atoms with Crippen LogP contribution in [-0.2, 0) is 13.0 Å². The molecule has 3 heterocycles. The van der Waals surface area contributed by atoms with Gasteiger partial charge in [-0.1, -0.05) is 18.2 Å². The molecular weight excluding hydrogens is 344 g/mol. The summed E-state index contributed by atoms with van der Waals surface area (Å²) in [5.41, 5.74) is 8.72. The molecule has 1 aromatic carbocycles. The van der Waals surface area contributed by atoms with Gasteiger partial charge in [0.2, 0.25) is 0 Å². The van der Waals surface area contributed by atoms with E-state index in [4.69, 9.17) is 0 Å². The van der Waals surface area contributed by atoms with Gasteiger partial charge in [0.05, 0.1) is 5.52 Å². The van der Waals surface area contributed by atoms with E-state index in [1.807, 2.05) is 19.2 Å². The third-order valence-corrected chi connectivity index (χ3v) is 5.42. The van der Waals surface area contributed by atoms with Crippen LogP contribution in [0.2, 0.25) is 0 Å². The van der Waals surface area contributed by atoms with Crippen LogP contribution in [0.1, 0.15) is 36.2 Å². The van der Waals surface area contributed by atoms with Gasteiger partial charge in [0.25, 0.3) is 0 Å². The van der Waals surface area contributed by atoms with Gasteiger partial charge < -0.3 is 14.8 Å². The van der Waals surface area contributed by atoms with Crippen molar-refractivity contribution < 1.29 is 0 Å². The summed E-state index contributed by atoms with van der Waals surface area (Å²) in [4.78, 5) is 6.92. The number of hydrogen-bond donors (Lipinski definition) is 1. The third kappa shape index (κ3) is 3.48. The Morgan fingerprint density at radius 1 is 1.21 bits per heavy atom. The van der Waals surface area contributed by atoms with Gasteiger partial charge in [0.1, 0.15) is 5.82 Å². The lowest BCUT2D eigenvalue weighted by Gasteiger charge is -2.23. The summed E-state index contributed by atoms with van der Waals surface area (Å²) in [5, 5.41) is 4.54. The van der Waals surface area contributed by atoms with E-state index in [1.165, 1.54) is 33.3 Å². The SMILES string of the molecule is C=C(C)Nc1ccc(/C(C)=C\n2c3c(c4cc(C)ccc42)CN(C)CC3)cn1. The van der Waals surface area contributed by atoms with E-state index in [0.29, 0.717) is 0 Å². The molecule has 3 aromatic rings. The molecule has 4 rings (SSSR count). The molecule has 0 aliphatic carbocycles. The maximum absolute atomic E-state index is 4.51. The van der Waals surface area contributed by atoms with E-state index >= 15 is 0 Å². The van der Waals surface area contributed by atoms with Crippen LogP contribution >= 0.6 is 0 Å². The maximum atomic E-state index is 4.51. The number of fused-ring (bicyclic) bond motifs is 3. The molecule has 0 radical (unpaired) electrons. The number of aromatic nitrogens is 2. The lowest BCUT2D eigenvalue weighted by Crippen LogP contribution is -2.26. The number of allylic oxidation sites excluding steroid dienone is 2. The fourth-order valence-corrected chi connectivity index (χ4v) is 3.98. The topological polar surface area (TPSA) is 33.1 Å². The second-order valence-electron chi connectivity index (χ2n) is 7.95. The van der Waals surface area contributed by atoms with Crippen LogP contribution < -0.4 is 5.32 Å². The molecule has 0 fully saturated rings. The van der Waals surface area contributed by atoms with Crippen LogP contribution in [0.4, 0.5) is 5.82 Å². The van der Waals surface area contributed by atoms with Crippen LogP contribution in [0.3, 0.4) is 0 Å². The molecule has 4 heteroatoms. The highest BCUT2D eigenvalue weighted by Crippen LogP contribution is 2.32. The molecule has 0 saturated carbocycles. The maximum Gasteiger partial charge on any atom is 0.130 e. The number of hydrogen-bond acceptors (Lipinski definition) is 3. The average molecular weight is 373 g/mol. The van der Waals surface area contributed by atoms with Crippen molar-refractivity contribution >= 4 is 28.5 Å². The number of anilines is 1. The summed E-state index contributed by atoms with van der Waals surface area (Å²) in [6.07, 6.45) is 5.26. The summed E-state index contributed by atoms with van der Waals surface area (Å²) >= 11 is 0. The van der Waals surface area contributed by atoms with Crippen molar-refractivity contribution in [3.8, 4) is 0 Å². The smallest absolute Gasteiger partial charge is 0.130 e. The fraction of sp³-hybridized carbons (Fsp3) is 0.292. The summed E-state index contributed by atoms with van der Waals surface area (Å²) in [7, 11) is 2.20. The largest absolute Gasteiger partial charge is 0.345 e. The molecule has 1 N–H and O–H groups in total. The lowest BCUT2D eigenvalue weighted by atomic mass is 10.0. The molecule has 4 nitrogen and oxygen atoms in total. The minimum atomic E-state index is 0.825. The number of pyridine rings is 1. The molecule has 1 aliphatic heterocycles. The van der Waals surface area contributed by atoms with Crippen LogP contribution in [0, 0.1) is 6.92 Å². The number of likely N-dealkylation sites (N-methyl/N-ethyl adjacent to an activating group) is 1. The molecule has 0 amide bonds.